The van der Waals surface area contributed by atoms with E-state index in [1.54, 1.807) is 42.1 Å². The number of rotatable bonds is 4. The lowest BCUT2D eigenvalue weighted by Crippen LogP contribution is -2.31. The molecule has 0 aliphatic carbocycles. The Morgan fingerprint density at radius 1 is 1.29 bits per heavy atom. The molecule has 5 nitrogen and oxygen atoms in total. The van der Waals surface area contributed by atoms with Crippen LogP contribution in [0.5, 0.6) is 0 Å². The lowest BCUT2D eigenvalue weighted by molar-refractivity contribution is 0.0908. The van der Waals surface area contributed by atoms with Crippen LogP contribution in [0.25, 0.3) is 11.0 Å². The highest BCUT2D eigenvalue weighted by atomic mass is 32.2. The molecule has 1 aliphatic rings. The van der Waals surface area contributed by atoms with E-state index < -0.39 is 15.7 Å². The van der Waals surface area contributed by atoms with Crippen LogP contribution in [0, 0.1) is 5.82 Å². The Morgan fingerprint density at radius 3 is 2.86 bits per heavy atom. The van der Waals surface area contributed by atoms with Crippen LogP contribution in [0.3, 0.4) is 0 Å². The molecule has 1 amide bonds. The summed E-state index contributed by atoms with van der Waals surface area (Å²) in [6.07, 6.45) is 1.77. The highest BCUT2D eigenvalue weighted by Gasteiger charge is 2.28. The molecular weight excluding hydrogens is 401 g/mol. The number of nitrogens with one attached hydrogen (secondary N) is 1. The standard InChI is InChI=1S/C20H18FNO4S2/c1-28(24,25)11-15-13-4-2-3-5-17(13)26-19(15)20(23)22-16-8-9-27-18-7-6-12(21)10-14(16)18/h2-7,10,16H,8-9,11H2,1H3,(H,22,23). The Bertz CT molecular complexity index is 1170. The van der Waals surface area contributed by atoms with Crippen LogP contribution in [0.4, 0.5) is 4.39 Å². The van der Waals surface area contributed by atoms with E-state index in [0.29, 0.717) is 23.0 Å². The Balaban J connectivity index is 1.71. The van der Waals surface area contributed by atoms with Gasteiger partial charge in [0.2, 0.25) is 0 Å². The van der Waals surface area contributed by atoms with E-state index in [9.17, 15) is 17.6 Å². The average molecular weight is 419 g/mol. The van der Waals surface area contributed by atoms with Crippen molar-refractivity contribution in [2.24, 2.45) is 0 Å². The molecule has 1 unspecified atom stereocenters. The lowest BCUT2D eigenvalue weighted by atomic mass is 10.0. The van der Waals surface area contributed by atoms with Gasteiger partial charge in [0.1, 0.15) is 11.4 Å². The van der Waals surface area contributed by atoms with E-state index in [1.807, 2.05) is 0 Å². The predicted octanol–water partition coefficient (Wildman–Crippen LogP) is 4.08. The molecule has 2 heterocycles. The first kappa shape index (κ1) is 19.0. The number of benzene rings is 2. The number of hydrogen-bond donors (Lipinski definition) is 1. The highest BCUT2D eigenvalue weighted by Crippen LogP contribution is 2.37. The van der Waals surface area contributed by atoms with E-state index in [-0.39, 0.29) is 23.4 Å². The minimum absolute atomic E-state index is 0.0113. The number of furan rings is 1. The molecule has 0 radical (unpaired) electrons. The van der Waals surface area contributed by atoms with Crippen LogP contribution in [0.15, 0.2) is 51.8 Å². The Hall–Kier alpha value is -2.32. The smallest absolute Gasteiger partial charge is 0.287 e. The second-order valence-electron chi connectivity index (χ2n) is 6.82. The van der Waals surface area contributed by atoms with Gasteiger partial charge in [-0.1, -0.05) is 18.2 Å². The van der Waals surface area contributed by atoms with Gasteiger partial charge in [-0.05, 0) is 36.2 Å². The summed E-state index contributed by atoms with van der Waals surface area (Å²) in [5, 5.41) is 3.50. The second-order valence-corrected chi connectivity index (χ2v) is 10.1. The number of thioether (sulfide) groups is 1. The molecule has 1 aromatic heterocycles. The fraction of sp³-hybridized carbons (Fsp3) is 0.250. The van der Waals surface area contributed by atoms with Crippen molar-refractivity contribution in [3.05, 3.63) is 65.2 Å². The van der Waals surface area contributed by atoms with Gasteiger partial charge in [0, 0.05) is 27.9 Å². The van der Waals surface area contributed by atoms with Crippen molar-refractivity contribution in [2.75, 3.05) is 12.0 Å². The summed E-state index contributed by atoms with van der Waals surface area (Å²) in [7, 11) is -3.37. The van der Waals surface area contributed by atoms with Gasteiger partial charge < -0.3 is 9.73 Å². The van der Waals surface area contributed by atoms with E-state index in [4.69, 9.17) is 4.42 Å². The topological polar surface area (TPSA) is 76.4 Å². The Kier molecular flexibility index (Phi) is 4.93. The normalized spacial score (nSPS) is 16.7. The minimum atomic E-state index is -3.37. The fourth-order valence-electron chi connectivity index (χ4n) is 3.43. The fourth-order valence-corrected chi connectivity index (χ4v) is 5.34. The third kappa shape index (κ3) is 3.79. The van der Waals surface area contributed by atoms with E-state index >= 15 is 0 Å². The number of carbonyl (C=O) groups is 1. The molecule has 1 N–H and O–H groups in total. The minimum Gasteiger partial charge on any atom is -0.451 e. The summed E-state index contributed by atoms with van der Waals surface area (Å²) in [6, 6.07) is 11.1. The molecule has 146 valence electrons. The Labute approximate surface area is 166 Å². The molecule has 1 aliphatic heterocycles. The van der Waals surface area contributed by atoms with Crippen LogP contribution in [0.2, 0.25) is 0 Å². The zero-order chi connectivity index (χ0) is 19.9. The number of para-hydroxylation sites is 1. The quantitative estimate of drug-likeness (QED) is 0.690. The van der Waals surface area contributed by atoms with Crippen molar-refractivity contribution < 1.29 is 22.0 Å². The summed E-state index contributed by atoms with van der Waals surface area (Å²) in [5.74, 6) is -0.370. The second kappa shape index (κ2) is 7.25. The average Bonchev–Trinajstić information content (AvgIpc) is 2.99. The third-order valence-corrected chi connectivity index (χ3v) is 6.56. The van der Waals surface area contributed by atoms with E-state index in [1.165, 1.54) is 12.1 Å². The maximum absolute atomic E-state index is 13.7. The van der Waals surface area contributed by atoms with Crippen LogP contribution in [-0.4, -0.2) is 26.3 Å². The number of fused-ring (bicyclic) bond motifs is 2. The maximum Gasteiger partial charge on any atom is 0.287 e. The lowest BCUT2D eigenvalue weighted by Gasteiger charge is -2.25. The van der Waals surface area contributed by atoms with Gasteiger partial charge in [0.25, 0.3) is 5.91 Å². The number of carbonyl (C=O) groups excluding carboxylic acids is 1. The van der Waals surface area contributed by atoms with Gasteiger partial charge in [-0.15, -0.1) is 11.8 Å². The van der Waals surface area contributed by atoms with Crippen molar-refractivity contribution in [3.63, 3.8) is 0 Å². The van der Waals surface area contributed by atoms with Gasteiger partial charge in [0.05, 0.1) is 11.8 Å². The Morgan fingerprint density at radius 2 is 2.07 bits per heavy atom. The third-order valence-electron chi connectivity index (χ3n) is 4.63. The summed E-state index contributed by atoms with van der Waals surface area (Å²) in [4.78, 5) is 13.9. The molecule has 0 fully saturated rings. The molecule has 2 aromatic carbocycles. The monoisotopic (exact) mass is 419 g/mol. The van der Waals surface area contributed by atoms with Crippen molar-refractivity contribution in [1.82, 2.24) is 5.32 Å². The van der Waals surface area contributed by atoms with Crippen LogP contribution >= 0.6 is 11.8 Å². The van der Waals surface area contributed by atoms with Gasteiger partial charge in [-0.2, -0.15) is 0 Å². The number of sulfone groups is 1. The maximum atomic E-state index is 13.7. The van der Waals surface area contributed by atoms with Crippen LogP contribution < -0.4 is 5.32 Å². The SMILES string of the molecule is CS(=O)(=O)Cc1c(C(=O)NC2CCSc3ccc(F)cc32)oc2ccccc12. The van der Waals surface area contributed by atoms with Gasteiger partial charge in [-0.25, -0.2) is 12.8 Å². The molecule has 0 saturated heterocycles. The molecule has 0 spiro atoms. The summed E-state index contributed by atoms with van der Waals surface area (Å²) in [6.45, 7) is 0. The zero-order valence-electron chi connectivity index (χ0n) is 15.1. The molecule has 4 rings (SSSR count). The van der Waals surface area contributed by atoms with Gasteiger partial charge >= 0.3 is 0 Å². The van der Waals surface area contributed by atoms with Gasteiger partial charge in [0.15, 0.2) is 15.6 Å². The summed E-state index contributed by atoms with van der Waals surface area (Å²) < 4.78 is 43.2. The first-order valence-corrected chi connectivity index (χ1v) is 11.8. The van der Waals surface area contributed by atoms with E-state index in [0.717, 1.165) is 22.5 Å². The molecule has 28 heavy (non-hydrogen) atoms. The molecule has 1 atom stereocenters. The van der Waals surface area contributed by atoms with Crippen molar-refractivity contribution in [3.8, 4) is 0 Å². The molecule has 8 heteroatoms. The van der Waals surface area contributed by atoms with Crippen molar-refractivity contribution in [2.45, 2.75) is 23.1 Å². The number of amides is 1. The molecule has 0 bridgehead atoms. The molecular formula is C20H18FNO4S2. The predicted molar refractivity (Wildman–Crippen MR) is 107 cm³/mol. The van der Waals surface area contributed by atoms with Gasteiger partial charge in [-0.3, -0.25) is 4.79 Å². The summed E-state index contributed by atoms with van der Waals surface area (Å²) >= 11 is 1.62. The van der Waals surface area contributed by atoms with Crippen LogP contribution in [-0.2, 0) is 15.6 Å². The zero-order valence-corrected chi connectivity index (χ0v) is 16.7. The largest absolute Gasteiger partial charge is 0.451 e. The highest BCUT2D eigenvalue weighted by molar-refractivity contribution is 7.99. The summed E-state index contributed by atoms with van der Waals surface area (Å²) in [5.41, 5.74) is 1.53. The molecule has 0 saturated carbocycles. The van der Waals surface area contributed by atoms with Crippen molar-refractivity contribution >= 4 is 38.5 Å². The number of halogens is 1. The number of hydrogen-bond acceptors (Lipinski definition) is 5. The first-order chi connectivity index (χ1) is 13.3. The van der Waals surface area contributed by atoms with E-state index in [2.05, 4.69) is 5.32 Å². The van der Waals surface area contributed by atoms with Crippen molar-refractivity contribution in [1.29, 1.82) is 0 Å². The van der Waals surface area contributed by atoms with Crippen LogP contribution in [0.1, 0.15) is 34.1 Å². The first-order valence-electron chi connectivity index (χ1n) is 8.73. The molecule has 3 aromatic rings.